The lowest BCUT2D eigenvalue weighted by molar-refractivity contribution is 0.528. The summed E-state index contributed by atoms with van der Waals surface area (Å²) in [6.45, 7) is 1.96. The molecule has 1 aromatic carbocycles. The van der Waals surface area contributed by atoms with Crippen molar-refractivity contribution >= 4 is 27.5 Å². The minimum Gasteiger partial charge on any atom is -0.271 e. The Kier molecular flexibility index (Phi) is 3.44. The number of halogens is 2. The Morgan fingerprint density at radius 2 is 2.16 bits per heavy atom. The number of aromatic nitrogens is 2. The van der Waals surface area contributed by atoms with Gasteiger partial charge in [0.1, 0.15) is 0 Å². The first-order chi connectivity index (χ1) is 9.08. The predicted octanol–water partition coefficient (Wildman–Crippen LogP) is 4.23. The van der Waals surface area contributed by atoms with E-state index < -0.39 is 0 Å². The number of fused-ring (bicyclic) bond motifs is 1. The van der Waals surface area contributed by atoms with Gasteiger partial charge >= 0.3 is 0 Å². The minimum absolute atomic E-state index is 0.412. The molecule has 2 atom stereocenters. The van der Waals surface area contributed by atoms with Crippen molar-refractivity contribution in [3.05, 3.63) is 51.8 Å². The maximum absolute atomic E-state index is 6.35. The normalized spacial score (nSPS) is 21.7. The van der Waals surface area contributed by atoms with Crippen LogP contribution in [-0.2, 0) is 19.9 Å². The van der Waals surface area contributed by atoms with Crippen molar-refractivity contribution in [1.29, 1.82) is 0 Å². The summed E-state index contributed by atoms with van der Waals surface area (Å²) in [5.74, 6) is 0.546. The molecule has 19 heavy (non-hydrogen) atoms. The highest BCUT2D eigenvalue weighted by Crippen LogP contribution is 2.44. The molecule has 2 nitrogen and oxygen atoms in total. The Morgan fingerprint density at radius 1 is 1.42 bits per heavy atom. The molecular formula is C15H16BrClN2. The van der Waals surface area contributed by atoms with Gasteiger partial charge in [-0.1, -0.05) is 51.8 Å². The standard InChI is InChI=1S/C15H16BrClN2/c1-9-15(17)13(19(2)18-9)8-11-7-10-5-3-4-6-12(10)14(11)16/h3-6,11,14H,7-8H2,1-2H3. The molecule has 0 radical (unpaired) electrons. The van der Waals surface area contributed by atoms with Crippen LogP contribution in [0, 0.1) is 12.8 Å². The zero-order valence-corrected chi connectivity index (χ0v) is 13.4. The van der Waals surface area contributed by atoms with Gasteiger partial charge in [0.05, 0.1) is 16.4 Å². The van der Waals surface area contributed by atoms with Gasteiger partial charge in [-0.3, -0.25) is 4.68 Å². The van der Waals surface area contributed by atoms with Crippen molar-refractivity contribution in [3.8, 4) is 0 Å². The molecule has 4 heteroatoms. The summed E-state index contributed by atoms with van der Waals surface area (Å²) in [4.78, 5) is 0.412. The van der Waals surface area contributed by atoms with Crippen LogP contribution < -0.4 is 0 Å². The molecule has 0 saturated heterocycles. The molecule has 0 spiro atoms. The third-order valence-electron chi connectivity index (χ3n) is 3.97. The average molecular weight is 340 g/mol. The number of benzene rings is 1. The molecule has 3 rings (SSSR count). The van der Waals surface area contributed by atoms with Crippen molar-refractivity contribution in [3.63, 3.8) is 0 Å². The van der Waals surface area contributed by atoms with Crippen LogP contribution in [0.3, 0.4) is 0 Å². The number of hydrogen-bond donors (Lipinski definition) is 0. The second-order valence-corrected chi connectivity index (χ2v) is 6.60. The summed E-state index contributed by atoms with van der Waals surface area (Å²) in [5.41, 5.74) is 4.93. The van der Waals surface area contributed by atoms with E-state index in [1.807, 2.05) is 18.7 Å². The number of aryl methyl sites for hydroxylation is 2. The van der Waals surface area contributed by atoms with Crippen LogP contribution in [0.25, 0.3) is 0 Å². The Balaban J connectivity index is 1.87. The van der Waals surface area contributed by atoms with Gasteiger partial charge in [0.25, 0.3) is 0 Å². The van der Waals surface area contributed by atoms with E-state index in [9.17, 15) is 0 Å². The minimum atomic E-state index is 0.412. The van der Waals surface area contributed by atoms with Gasteiger partial charge < -0.3 is 0 Å². The molecule has 0 saturated carbocycles. The average Bonchev–Trinajstić information content (AvgIpc) is 2.83. The molecule has 2 aromatic rings. The van der Waals surface area contributed by atoms with E-state index in [0.29, 0.717) is 10.7 Å². The quantitative estimate of drug-likeness (QED) is 0.749. The molecule has 0 amide bonds. The third-order valence-corrected chi connectivity index (χ3v) is 5.70. The highest BCUT2D eigenvalue weighted by molar-refractivity contribution is 9.09. The van der Waals surface area contributed by atoms with Crippen LogP contribution in [-0.4, -0.2) is 9.78 Å². The first-order valence-electron chi connectivity index (χ1n) is 6.47. The summed E-state index contributed by atoms with van der Waals surface area (Å²) in [6, 6.07) is 8.66. The summed E-state index contributed by atoms with van der Waals surface area (Å²) in [7, 11) is 1.97. The highest BCUT2D eigenvalue weighted by atomic mass is 79.9. The Hall–Kier alpha value is -0.800. The lowest BCUT2D eigenvalue weighted by atomic mass is 10.00. The zero-order valence-electron chi connectivity index (χ0n) is 11.0. The highest BCUT2D eigenvalue weighted by Gasteiger charge is 2.31. The van der Waals surface area contributed by atoms with Gasteiger partial charge in [-0.15, -0.1) is 0 Å². The van der Waals surface area contributed by atoms with E-state index >= 15 is 0 Å². The zero-order chi connectivity index (χ0) is 13.6. The molecule has 1 aliphatic rings. The monoisotopic (exact) mass is 338 g/mol. The van der Waals surface area contributed by atoms with E-state index in [-0.39, 0.29) is 0 Å². The molecule has 0 fully saturated rings. The molecule has 1 aromatic heterocycles. The van der Waals surface area contributed by atoms with Crippen molar-refractivity contribution < 1.29 is 0 Å². The van der Waals surface area contributed by atoms with E-state index in [0.717, 1.165) is 29.3 Å². The molecule has 0 bridgehead atoms. The van der Waals surface area contributed by atoms with Gasteiger partial charge in [0.15, 0.2) is 0 Å². The fraction of sp³-hybridized carbons (Fsp3) is 0.400. The van der Waals surface area contributed by atoms with Crippen LogP contribution in [0.1, 0.15) is 27.3 Å². The Bertz CT molecular complexity index is 621. The molecule has 1 heterocycles. The summed E-state index contributed by atoms with van der Waals surface area (Å²) < 4.78 is 1.92. The lowest BCUT2D eigenvalue weighted by Crippen LogP contribution is -2.10. The van der Waals surface area contributed by atoms with E-state index in [1.165, 1.54) is 11.1 Å². The van der Waals surface area contributed by atoms with Crippen LogP contribution in [0.15, 0.2) is 24.3 Å². The SMILES string of the molecule is Cc1nn(C)c(CC2Cc3ccccc3C2Br)c1Cl. The van der Waals surface area contributed by atoms with E-state index in [4.69, 9.17) is 11.6 Å². The number of hydrogen-bond acceptors (Lipinski definition) is 1. The van der Waals surface area contributed by atoms with Crippen molar-refractivity contribution in [2.24, 2.45) is 13.0 Å². The fourth-order valence-electron chi connectivity index (χ4n) is 2.95. The molecule has 1 aliphatic carbocycles. The summed E-state index contributed by atoms with van der Waals surface area (Å²) in [5, 5.41) is 5.21. The van der Waals surface area contributed by atoms with E-state index in [2.05, 4.69) is 45.3 Å². The molecule has 0 N–H and O–H groups in total. The van der Waals surface area contributed by atoms with E-state index in [1.54, 1.807) is 0 Å². The van der Waals surface area contributed by atoms with Crippen LogP contribution in [0.4, 0.5) is 0 Å². The second kappa shape index (κ2) is 4.95. The van der Waals surface area contributed by atoms with Crippen molar-refractivity contribution in [2.45, 2.75) is 24.6 Å². The largest absolute Gasteiger partial charge is 0.271 e. The number of alkyl halides is 1. The summed E-state index contributed by atoms with van der Waals surface area (Å²) in [6.07, 6.45) is 2.06. The van der Waals surface area contributed by atoms with Crippen molar-refractivity contribution in [1.82, 2.24) is 9.78 Å². The molecule has 0 aliphatic heterocycles. The number of rotatable bonds is 2. The Labute approximate surface area is 126 Å². The first-order valence-corrected chi connectivity index (χ1v) is 7.77. The van der Waals surface area contributed by atoms with Gasteiger partial charge in [0.2, 0.25) is 0 Å². The van der Waals surface area contributed by atoms with Gasteiger partial charge in [0, 0.05) is 11.9 Å². The van der Waals surface area contributed by atoms with Gasteiger partial charge in [-0.05, 0) is 36.8 Å². The van der Waals surface area contributed by atoms with Crippen LogP contribution in [0.2, 0.25) is 5.02 Å². The lowest BCUT2D eigenvalue weighted by Gasteiger charge is -2.15. The van der Waals surface area contributed by atoms with Crippen LogP contribution in [0.5, 0.6) is 0 Å². The summed E-state index contributed by atoms with van der Waals surface area (Å²) >= 11 is 10.2. The second-order valence-electron chi connectivity index (χ2n) is 5.24. The first kappa shape index (κ1) is 13.2. The van der Waals surface area contributed by atoms with Crippen molar-refractivity contribution in [2.75, 3.05) is 0 Å². The maximum Gasteiger partial charge on any atom is 0.0847 e. The topological polar surface area (TPSA) is 17.8 Å². The van der Waals surface area contributed by atoms with Crippen LogP contribution >= 0.6 is 27.5 Å². The third kappa shape index (κ3) is 2.23. The number of nitrogens with zero attached hydrogens (tertiary/aromatic N) is 2. The smallest absolute Gasteiger partial charge is 0.0847 e. The molecular weight excluding hydrogens is 324 g/mol. The maximum atomic E-state index is 6.35. The van der Waals surface area contributed by atoms with Gasteiger partial charge in [-0.25, -0.2) is 0 Å². The fourth-order valence-corrected chi connectivity index (χ4v) is 4.01. The predicted molar refractivity (Wildman–Crippen MR) is 82.0 cm³/mol. The Morgan fingerprint density at radius 3 is 2.79 bits per heavy atom. The molecule has 2 unspecified atom stereocenters. The molecule has 100 valence electrons. The van der Waals surface area contributed by atoms with Gasteiger partial charge in [-0.2, -0.15) is 5.10 Å².